The number of anilines is 2. The first-order chi connectivity index (χ1) is 19.3. The lowest BCUT2D eigenvalue weighted by atomic mass is 9.74. The molecule has 10 nitrogen and oxygen atoms in total. The van der Waals surface area contributed by atoms with Gasteiger partial charge in [-0.3, -0.25) is 14.7 Å². The number of ether oxygens (including phenoxy) is 1. The number of sulfone groups is 1. The van der Waals surface area contributed by atoms with E-state index in [0.29, 0.717) is 48.8 Å². The van der Waals surface area contributed by atoms with Crippen molar-refractivity contribution in [1.82, 2.24) is 14.9 Å². The first-order valence-corrected chi connectivity index (χ1v) is 15.7. The molecule has 40 heavy (non-hydrogen) atoms. The van der Waals surface area contributed by atoms with Crippen molar-refractivity contribution in [2.75, 3.05) is 49.3 Å². The van der Waals surface area contributed by atoms with Crippen LogP contribution in [0.1, 0.15) is 43.6 Å². The van der Waals surface area contributed by atoms with Gasteiger partial charge >= 0.3 is 0 Å². The van der Waals surface area contributed by atoms with Crippen LogP contribution in [-0.4, -0.2) is 73.7 Å². The Labute approximate surface area is 235 Å². The Hall–Kier alpha value is -3.49. The average molecular weight is 565 g/mol. The van der Waals surface area contributed by atoms with Gasteiger partial charge in [0.2, 0.25) is 11.7 Å². The largest absolute Gasteiger partial charge is 0.497 e. The minimum Gasteiger partial charge on any atom is -0.497 e. The molecule has 3 aliphatic rings. The molecule has 5 rings (SSSR count). The van der Waals surface area contributed by atoms with E-state index < -0.39 is 9.84 Å². The number of amides is 1. The lowest BCUT2D eigenvalue weighted by Crippen LogP contribution is -2.40. The predicted molar refractivity (Wildman–Crippen MR) is 155 cm³/mol. The number of aromatic nitrogens is 2. The predicted octanol–water partition coefficient (Wildman–Crippen LogP) is 2.86. The number of carbonyl (C=O) groups is 1. The van der Waals surface area contributed by atoms with E-state index in [-0.39, 0.29) is 23.3 Å². The van der Waals surface area contributed by atoms with E-state index in [1.807, 2.05) is 35.4 Å². The molecular weight excluding hydrogens is 528 g/mol. The van der Waals surface area contributed by atoms with Gasteiger partial charge in [0.05, 0.1) is 30.9 Å². The summed E-state index contributed by atoms with van der Waals surface area (Å²) >= 11 is 0. The minimum absolute atomic E-state index is 0.000604. The van der Waals surface area contributed by atoms with Crippen LogP contribution in [0.4, 0.5) is 17.2 Å². The normalized spacial score (nSPS) is 24.2. The second kappa shape index (κ2) is 12.4. The van der Waals surface area contributed by atoms with Gasteiger partial charge < -0.3 is 15.8 Å². The van der Waals surface area contributed by atoms with Gasteiger partial charge in [-0.1, -0.05) is 12.0 Å². The Kier molecular flexibility index (Phi) is 8.66. The zero-order valence-corrected chi connectivity index (χ0v) is 23.6. The van der Waals surface area contributed by atoms with Crippen molar-refractivity contribution in [3.63, 3.8) is 0 Å². The zero-order valence-electron chi connectivity index (χ0n) is 22.8. The molecule has 1 saturated carbocycles. The van der Waals surface area contributed by atoms with Gasteiger partial charge in [0.15, 0.2) is 15.7 Å². The van der Waals surface area contributed by atoms with Gasteiger partial charge in [-0.25, -0.2) is 18.4 Å². The van der Waals surface area contributed by atoms with Crippen LogP contribution in [0.3, 0.4) is 0 Å². The molecule has 1 unspecified atom stereocenters. The fourth-order valence-electron chi connectivity index (χ4n) is 5.69. The molecule has 1 atom stereocenters. The summed E-state index contributed by atoms with van der Waals surface area (Å²) in [5.74, 6) is 8.65. The molecule has 2 fully saturated rings. The average Bonchev–Trinajstić information content (AvgIpc) is 3.17. The summed E-state index contributed by atoms with van der Waals surface area (Å²) in [6, 6.07) is 7.43. The molecule has 2 aliphatic heterocycles. The lowest BCUT2D eigenvalue weighted by Gasteiger charge is -2.31. The standard InChI is InChI=1S/C29H36N6O4S/c1-39-24-5-2-4-23(18-24)32-29(36)21-9-7-20(8-10-21)22-11-12-25-27(31-19-22)28(30)34-26(33-25)6-3-13-35-14-16-40(37,38)17-15-35/h2,4-5,18-22H,7-17H2,1H3,(H,32,36)(H2,30,33,34). The van der Waals surface area contributed by atoms with Crippen molar-refractivity contribution in [1.29, 1.82) is 0 Å². The number of hydrogen-bond acceptors (Lipinski definition) is 9. The van der Waals surface area contributed by atoms with Gasteiger partial charge in [-0.2, -0.15) is 0 Å². The molecule has 3 N–H and O–H groups in total. The van der Waals surface area contributed by atoms with Crippen molar-refractivity contribution in [2.45, 2.75) is 38.5 Å². The highest BCUT2D eigenvalue weighted by Crippen LogP contribution is 2.38. The number of aryl methyl sites for hydroxylation is 1. The Morgan fingerprint density at radius 2 is 1.93 bits per heavy atom. The first kappa shape index (κ1) is 28.1. The fraction of sp³-hybridized carbons (Fsp3) is 0.517. The molecule has 0 radical (unpaired) electrons. The van der Waals surface area contributed by atoms with Gasteiger partial charge in [-0.05, 0) is 68.4 Å². The summed E-state index contributed by atoms with van der Waals surface area (Å²) < 4.78 is 28.5. The number of nitrogens with zero attached hydrogens (tertiary/aromatic N) is 4. The maximum Gasteiger partial charge on any atom is 0.227 e. The van der Waals surface area contributed by atoms with Crippen LogP contribution in [0.5, 0.6) is 5.75 Å². The molecule has 1 amide bonds. The molecule has 1 aromatic heterocycles. The third-order valence-electron chi connectivity index (χ3n) is 8.12. The maximum atomic E-state index is 12.9. The Morgan fingerprint density at radius 3 is 2.67 bits per heavy atom. The second-order valence-corrected chi connectivity index (χ2v) is 13.1. The van der Waals surface area contributed by atoms with Crippen molar-refractivity contribution in [3.8, 4) is 17.6 Å². The maximum absolute atomic E-state index is 12.9. The Bertz CT molecular complexity index is 1430. The van der Waals surface area contributed by atoms with Crippen LogP contribution in [0, 0.1) is 29.6 Å². The van der Waals surface area contributed by atoms with Crippen LogP contribution in [-0.2, 0) is 21.1 Å². The Morgan fingerprint density at radius 1 is 1.15 bits per heavy atom. The topological polar surface area (TPSA) is 140 Å². The molecule has 1 aliphatic carbocycles. The SMILES string of the molecule is COc1cccc(NC(=O)C2CCC(C3C=Nc4c(N)nc(C#CCN5CCS(=O)(=O)CC5)nc4CC3)CC2)c1. The van der Waals surface area contributed by atoms with E-state index in [4.69, 9.17) is 15.5 Å². The van der Waals surface area contributed by atoms with E-state index in [1.165, 1.54) is 0 Å². The van der Waals surface area contributed by atoms with E-state index in [0.717, 1.165) is 55.7 Å². The van der Waals surface area contributed by atoms with Crippen LogP contribution >= 0.6 is 0 Å². The first-order valence-electron chi connectivity index (χ1n) is 13.9. The second-order valence-electron chi connectivity index (χ2n) is 10.8. The van der Waals surface area contributed by atoms with Crippen LogP contribution in [0.25, 0.3) is 0 Å². The third kappa shape index (κ3) is 6.98. The number of aliphatic imine (C=N–C) groups is 1. The van der Waals surface area contributed by atoms with Crippen molar-refractivity contribution in [3.05, 3.63) is 35.8 Å². The number of fused-ring (bicyclic) bond motifs is 1. The number of rotatable bonds is 5. The third-order valence-corrected chi connectivity index (χ3v) is 9.73. The van der Waals surface area contributed by atoms with E-state index in [2.05, 4.69) is 27.1 Å². The van der Waals surface area contributed by atoms with Crippen LogP contribution < -0.4 is 15.8 Å². The highest BCUT2D eigenvalue weighted by Gasteiger charge is 2.31. The molecule has 0 bridgehead atoms. The molecule has 1 aromatic carbocycles. The number of benzene rings is 1. The number of hydrogen-bond donors (Lipinski definition) is 2. The van der Waals surface area contributed by atoms with Crippen molar-refractivity contribution >= 4 is 39.2 Å². The monoisotopic (exact) mass is 564 g/mol. The summed E-state index contributed by atoms with van der Waals surface area (Å²) in [5.41, 5.74) is 8.44. The van der Waals surface area contributed by atoms with Gasteiger partial charge in [0.1, 0.15) is 11.4 Å². The summed E-state index contributed by atoms with van der Waals surface area (Å²) in [7, 11) is -1.30. The lowest BCUT2D eigenvalue weighted by molar-refractivity contribution is -0.121. The van der Waals surface area contributed by atoms with Crippen molar-refractivity contribution in [2.24, 2.45) is 22.7 Å². The molecule has 2 aromatic rings. The number of nitrogens with one attached hydrogen (secondary N) is 1. The molecule has 0 spiro atoms. The number of methoxy groups -OCH3 is 1. The number of nitrogen functional groups attached to an aromatic ring is 1. The zero-order chi connectivity index (χ0) is 28.1. The van der Waals surface area contributed by atoms with Crippen LogP contribution in [0.15, 0.2) is 29.3 Å². The highest BCUT2D eigenvalue weighted by atomic mass is 32.2. The van der Waals surface area contributed by atoms with Gasteiger partial charge in [0, 0.05) is 37.0 Å². The summed E-state index contributed by atoms with van der Waals surface area (Å²) in [6.45, 7) is 1.46. The summed E-state index contributed by atoms with van der Waals surface area (Å²) in [5, 5.41) is 3.04. The quantitative estimate of drug-likeness (QED) is 0.529. The molecule has 1 saturated heterocycles. The van der Waals surface area contributed by atoms with Gasteiger partial charge in [0.25, 0.3) is 0 Å². The van der Waals surface area contributed by atoms with E-state index >= 15 is 0 Å². The van der Waals surface area contributed by atoms with E-state index in [1.54, 1.807) is 7.11 Å². The van der Waals surface area contributed by atoms with Crippen molar-refractivity contribution < 1.29 is 17.9 Å². The highest BCUT2D eigenvalue weighted by molar-refractivity contribution is 7.91. The smallest absolute Gasteiger partial charge is 0.227 e. The number of carbonyl (C=O) groups excluding carboxylic acids is 1. The molecular formula is C29H36N6O4S. The van der Waals surface area contributed by atoms with E-state index in [9.17, 15) is 13.2 Å². The molecule has 212 valence electrons. The fourth-order valence-corrected chi connectivity index (χ4v) is 6.97. The molecule has 11 heteroatoms. The molecule has 3 heterocycles. The summed E-state index contributed by atoms with van der Waals surface area (Å²) in [6.07, 6.45) is 7.29. The van der Waals surface area contributed by atoms with Crippen LogP contribution in [0.2, 0.25) is 0 Å². The number of nitrogens with two attached hydrogens (primary N) is 1. The van der Waals surface area contributed by atoms with Gasteiger partial charge in [-0.15, -0.1) is 0 Å². The Balaban J connectivity index is 1.14. The minimum atomic E-state index is -2.91. The summed E-state index contributed by atoms with van der Waals surface area (Å²) in [4.78, 5) is 28.6.